The first-order chi connectivity index (χ1) is 4.04. The van der Waals surface area contributed by atoms with Gasteiger partial charge in [0, 0.05) is 6.92 Å². The van der Waals surface area contributed by atoms with Crippen molar-refractivity contribution in [1.82, 2.24) is 5.34 Å². The Morgan fingerprint density at radius 3 is 2.22 bits per heavy atom. The molecule has 0 aliphatic heterocycles. The largest absolute Gasteiger partial charge is 0.441 e. The number of carbonyl (C=O) groups excluding carboxylic acids is 1. The molecule has 0 heterocycles. The molecule has 0 spiro atoms. The molecule has 0 saturated carbocycles. The van der Waals surface area contributed by atoms with Gasteiger partial charge in [0.2, 0.25) is 6.23 Å². The van der Waals surface area contributed by atoms with E-state index in [0.717, 1.165) is 13.8 Å². The third kappa shape index (κ3) is 3.84. The molecule has 3 nitrogen and oxygen atoms in total. The number of esters is 1. The van der Waals surface area contributed by atoms with Gasteiger partial charge in [-0.25, -0.2) is 0 Å². The van der Waals surface area contributed by atoms with Gasteiger partial charge < -0.3 is 4.74 Å². The van der Waals surface area contributed by atoms with Crippen molar-refractivity contribution in [3.63, 3.8) is 0 Å². The Morgan fingerprint density at radius 2 is 2.11 bits per heavy atom. The van der Waals surface area contributed by atoms with Crippen molar-refractivity contribution in [3.05, 3.63) is 0 Å². The minimum Gasteiger partial charge on any atom is -0.441 e. The highest BCUT2D eigenvalue weighted by Gasteiger charge is 2.13. The standard InChI is InChI=1S/C4H7F2NO2/c1-3(7(5)6)9-4(2)8/h3H,1-2H3. The first kappa shape index (κ1) is 8.29. The third-order valence-corrected chi connectivity index (χ3v) is 0.611. The van der Waals surface area contributed by atoms with E-state index in [1.54, 1.807) is 0 Å². The van der Waals surface area contributed by atoms with Gasteiger partial charge in [-0.1, -0.05) is 8.96 Å². The lowest BCUT2D eigenvalue weighted by atomic mass is 10.7. The van der Waals surface area contributed by atoms with E-state index in [-0.39, 0.29) is 0 Å². The number of halogens is 2. The van der Waals surface area contributed by atoms with E-state index in [1.165, 1.54) is 0 Å². The minimum atomic E-state index is -1.46. The van der Waals surface area contributed by atoms with E-state index in [9.17, 15) is 13.8 Å². The molecular formula is C4H7F2NO2. The van der Waals surface area contributed by atoms with Crippen LogP contribution in [0.4, 0.5) is 8.96 Å². The van der Waals surface area contributed by atoms with Crippen LogP contribution in [0, 0.1) is 0 Å². The summed E-state index contributed by atoms with van der Waals surface area (Å²) in [6.45, 7) is 2.14. The first-order valence-corrected chi connectivity index (χ1v) is 2.32. The van der Waals surface area contributed by atoms with E-state index < -0.39 is 17.5 Å². The van der Waals surface area contributed by atoms with Crippen molar-refractivity contribution in [1.29, 1.82) is 0 Å². The Kier molecular flexibility index (Phi) is 3.08. The number of ether oxygens (including phenoxy) is 1. The van der Waals surface area contributed by atoms with Crippen LogP contribution in [0.5, 0.6) is 0 Å². The molecule has 5 heteroatoms. The molecule has 0 amide bonds. The molecule has 54 valence electrons. The van der Waals surface area contributed by atoms with Crippen LogP contribution in [-0.4, -0.2) is 17.5 Å². The second kappa shape index (κ2) is 3.34. The minimum absolute atomic E-state index is 0.720. The lowest BCUT2D eigenvalue weighted by Gasteiger charge is -2.09. The summed E-state index contributed by atoms with van der Waals surface area (Å²) in [6.07, 6.45) is -1.46. The highest BCUT2D eigenvalue weighted by Crippen LogP contribution is 2.00. The molecule has 0 saturated heterocycles. The molecule has 9 heavy (non-hydrogen) atoms. The number of hydrogen-bond donors (Lipinski definition) is 0. The van der Waals surface area contributed by atoms with E-state index >= 15 is 0 Å². The van der Waals surface area contributed by atoms with E-state index in [1.807, 2.05) is 0 Å². The lowest BCUT2D eigenvalue weighted by Crippen LogP contribution is -2.22. The molecule has 0 rings (SSSR count). The van der Waals surface area contributed by atoms with Crippen molar-refractivity contribution >= 4 is 5.97 Å². The second-order valence-electron chi connectivity index (χ2n) is 1.47. The monoisotopic (exact) mass is 139 g/mol. The lowest BCUT2D eigenvalue weighted by molar-refractivity contribution is -0.251. The summed E-state index contributed by atoms with van der Waals surface area (Å²) in [5.74, 6) is -0.720. The Hall–Kier alpha value is -0.710. The number of hydrogen-bond acceptors (Lipinski definition) is 3. The van der Waals surface area contributed by atoms with Gasteiger partial charge in [-0.05, 0) is 6.92 Å². The number of nitrogens with zero attached hydrogens (tertiary/aromatic N) is 1. The Morgan fingerprint density at radius 1 is 1.67 bits per heavy atom. The Labute approximate surface area is 51.1 Å². The van der Waals surface area contributed by atoms with Crippen molar-refractivity contribution in [2.45, 2.75) is 20.1 Å². The quantitative estimate of drug-likeness (QED) is 0.324. The second-order valence-corrected chi connectivity index (χ2v) is 1.47. The van der Waals surface area contributed by atoms with Crippen molar-refractivity contribution < 1.29 is 18.5 Å². The van der Waals surface area contributed by atoms with Gasteiger partial charge in [-0.15, -0.1) is 0 Å². The summed E-state index contributed by atoms with van der Waals surface area (Å²) in [5.41, 5.74) is 0. The Balaban J connectivity index is 3.50. The predicted octanol–water partition coefficient (Wildman–Crippen LogP) is 0.967. The van der Waals surface area contributed by atoms with Gasteiger partial charge in [0.1, 0.15) is 0 Å². The van der Waals surface area contributed by atoms with Gasteiger partial charge in [0.05, 0.1) is 5.34 Å². The van der Waals surface area contributed by atoms with Crippen molar-refractivity contribution in [2.75, 3.05) is 0 Å². The van der Waals surface area contributed by atoms with Gasteiger partial charge in [0.25, 0.3) is 0 Å². The molecule has 0 aromatic carbocycles. The maximum atomic E-state index is 11.3. The summed E-state index contributed by atoms with van der Waals surface area (Å²) >= 11 is 0. The van der Waals surface area contributed by atoms with Gasteiger partial charge in [-0.2, -0.15) is 0 Å². The number of rotatable bonds is 2. The van der Waals surface area contributed by atoms with Crippen LogP contribution in [0.3, 0.4) is 0 Å². The molecule has 1 unspecified atom stereocenters. The van der Waals surface area contributed by atoms with E-state index in [0.29, 0.717) is 0 Å². The fourth-order valence-electron chi connectivity index (χ4n) is 0.280. The molecule has 0 aliphatic carbocycles. The van der Waals surface area contributed by atoms with Crippen LogP contribution in [0.2, 0.25) is 0 Å². The highest BCUT2D eigenvalue weighted by molar-refractivity contribution is 5.66. The fraction of sp³-hybridized carbons (Fsp3) is 0.750. The topological polar surface area (TPSA) is 29.5 Å². The molecule has 1 atom stereocenters. The summed E-state index contributed by atoms with van der Waals surface area (Å²) < 4.78 is 26.7. The average molecular weight is 139 g/mol. The van der Waals surface area contributed by atoms with E-state index in [2.05, 4.69) is 4.74 Å². The van der Waals surface area contributed by atoms with Gasteiger partial charge in [-0.3, -0.25) is 4.79 Å². The zero-order valence-electron chi connectivity index (χ0n) is 5.10. The third-order valence-electron chi connectivity index (χ3n) is 0.611. The maximum absolute atomic E-state index is 11.3. The molecule has 0 radical (unpaired) electrons. The first-order valence-electron chi connectivity index (χ1n) is 2.32. The van der Waals surface area contributed by atoms with Gasteiger partial charge in [0.15, 0.2) is 0 Å². The van der Waals surface area contributed by atoms with Crippen molar-refractivity contribution in [3.8, 4) is 0 Å². The molecule has 0 bridgehead atoms. The fourth-order valence-corrected chi connectivity index (χ4v) is 0.280. The summed E-state index contributed by atoms with van der Waals surface area (Å²) in [7, 11) is 0. The summed E-state index contributed by atoms with van der Waals surface area (Å²) in [6, 6.07) is 0. The van der Waals surface area contributed by atoms with Crippen LogP contribution in [0.25, 0.3) is 0 Å². The maximum Gasteiger partial charge on any atom is 0.304 e. The number of carbonyl (C=O) groups is 1. The zero-order valence-corrected chi connectivity index (χ0v) is 5.10. The summed E-state index contributed by atoms with van der Waals surface area (Å²) in [4.78, 5) is 9.98. The summed E-state index contributed by atoms with van der Waals surface area (Å²) in [5, 5.41) is -1.18. The predicted molar refractivity (Wildman–Crippen MR) is 25.3 cm³/mol. The van der Waals surface area contributed by atoms with Crippen LogP contribution in [-0.2, 0) is 9.53 Å². The highest BCUT2D eigenvalue weighted by atomic mass is 19.4. The van der Waals surface area contributed by atoms with Crippen LogP contribution in [0.1, 0.15) is 13.8 Å². The molecule has 0 N–H and O–H groups in total. The molecule has 0 fully saturated rings. The normalized spacial score (nSPS) is 13.4. The van der Waals surface area contributed by atoms with E-state index in [4.69, 9.17) is 0 Å². The average Bonchev–Trinajstić information content (AvgIpc) is 1.63. The van der Waals surface area contributed by atoms with Crippen molar-refractivity contribution in [2.24, 2.45) is 0 Å². The molecular weight excluding hydrogens is 132 g/mol. The molecule has 0 aromatic rings. The molecule has 0 aromatic heterocycles. The molecule has 0 aliphatic rings. The zero-order chi connectivity index (χ0) is 7.44. The smallest absolute Gasteiger partial charge is 0.304 e. The Bertz CT molecular complexity index is 107. The van der Waals surface area contributed by atoms with Crippen LogP contribution >= 0.6 is 0 Å². The van der Waals surface area contributed by atoms with Crippen LogP contribution in [0.15, 0.2) is 0 Å². The van der Waals surface area contributed by atoms with Gasteiger partial charge >= 0.3 is 5.97 Å². The van der Waals surface area contributed by atoms with Crippen LogP contribution < -0.4 is 0 Å². The SMILES string of the molecule is CC(=O)OC(C)N(F)F.